The summed E-state index contributed by atoms with van der Waals surface area (Å²) in [5.41, 5.74) is 0.970. The number of hydrogen-bond acceptors (Lipinski definition) is 3. The molecule has 4 heteroatoms. The molecule has 4 nitrogen and oxygen atoms in total. The largest absolute Gasteiger partial charge is 0.383 e. The smallest absolute Gasteiger partial charge is 0.239 e. The van der Waals surface area contributed by atoms with Crippen LogP contribution in [0.2, 0.25) is 0 Å². The van der Waals surface area contributed by atoms with Gasteiger partial charge < -0.3 is 15.4 Å². The van der Waals surface area contributed by atoms with Crippen LogP contribution in [0.15, 0.2) is 42.5 Å². The van der Waals surface area contributed by atoms with Crippen molar-refractivity contribution in [2.45, 2.75) is 13.0 Å². The summed E-state index contributed by atoms with van der Waals surface area (Å²) < 4.78 is 4.99. The van der Waals surface area contributed by atoms with E-state index in [9.17, 15) is 4.79 Å². The lowest BCUT2D eigenvalue weighted by Crippen LogP contribution is -2.39. The van der Waals surface area contributed by atoms with Crippen LogP contribution in [0.5, 0.6) is 0 Å². The zero-order chi connectivity index (χ0) is 14.4. The van der Waals surface area contributed by atoms with Crippen molar-refractivity contribution >= 4 is 22.4 Å². The standard InChI is InChI=1S/C16H20N2O2/c1-12(11-20-2)18-16(19)10-17-15-9-5-7-13-6-3-4-8-14(13)15/h3-9,12,17H,10-11H2,1-2H3,(H,18,19)/t12-/m0/s1. The maximum absolute atomic E-state index is 11.8. The van der Waals surface area contributed by atoms with E-state index in [2.05, 4.69) is 22.8 Å². The van der Waals surface area contributed by atoms with Gasteiger partial charge in [0.2, 0.25) is 5.91 Å². The number of benzene rings is 2. The minimum Gasteiger partial charge on any atom is -0.383 e. The van der Waals surface area contributed by atoms with Crippen LogP contribution in [0, 0.1) is 0 Å². The quantitative estimate of drug-likeness (QED) is 0.849. The summed E-state index contributed by atoms with van der Waals surface area (Å²) in [6, 6.07) is 14.1. The molecule has 0 unspecified atom stereocenters. The average Bonchev–Trinajstić information content (AvgIpc) is 2.45. The molecular weight excluding hydrogens is 252 g/mol. The van der Waals surface area contributed by atoms with Gasteiger partial charge >= 0.3 is 0 Å². The molecular formula is C16H20N2O2. The number of rotatable bonds is 6. The van der Waals surface area contributed by atoms with Gasteiger partial charge in [0, 0.05) is 24.2 Å². The molecule has 0 fully saturated rings. The number of ether oxygens (including phenoxy) is 1. The van der Waals surface area contributed by atoms with Crippen LogP contribution in [-0.2, 0) is 9.53 Å². The maximum atomic E-state index is 11.8. The Hall–Kier alpha value is -2.07. The van der Waals surface area contributed by atoms with Gasteiger partial charge in [-0.25, -0.2) is 0 Å². The number of methoxy groups -OCH3 is 1. The third kappa shape index (κ3) is 3.71. The van der Waals surface area contributed by atoms with E-state index in [-0.39, 0.29) is 18.5 Å². The molecule has 1 amide bonds. The SMILES string of the molecule is COC[C@H](C)NC(=O)CNc1cccc2ccccc12. The average molecular weight is 272 g/mol. The van der Waals surface area contributed by atoms with E-state index >= 15 is 0 Å². The first-order valence-corrected chi connectivity index (χ1v) is 6.70. The molecule has 0 saturated carbocycles. The van der Waals surface area contributed by atoms with Crippen molar-refractivity contribution in [2.24, 2.45) is 0 Å². The summed E-state index contributed by atoms with van der Waals surface area (Å²) in [6.45, 7) is 2.68. The number of amides is 1. The van der Waals surface area contributed by atoms with Crippen LogP contribution >= 0.6 is 0 Å². The van der Waals surface area contributed by atoms with Gasteiger partial charge in [-0.05, 0) is 18.4 Å². The van der Waals surface area contributed by atoms with Gasteiger partial charge in [0.1, 0.15) is 0 Å². The Labute approximate surface area is 119 Å². The molecule has 106 valence electrons. The highest BCUT2D eigenvalue weighted by Crippen LogP contribution is 2.22. The van der Waals surface area contributed by atoms with E-state index in [0.717, 1.165) is 16.5 Å². The number of nitrogens with one attached hydrogen (secondary N) is 2. The van der Waals surface area contributed by atoms with Gasteiger partial charge in [-0.2, -0.15) is 0 Å². The van der Waals surface area contributed by atoms with Crippen molar-refractivity contribution in [1.29, 1.82) is 0 Å². The maximum Gasteiger partial charge on any atom is 0.239 e. The van der Waals surface area contributed by atoms with E-state index in [1.807, 2.05) is 37.3 Å². The normalized spacial score (nSPS) is 12.1. The highest BCUT2D eigenvalue weighted by Gasteiger charge is 2.07. The van der Waals surface area contributed by atoms with Crippen molar-refractivity contribution in [3.8, 4) is 0 Å². The molecule has 0 radical (unpaired) electrons. The van der Waals surface area contributed by atoms with Crippen LogP contribution in [0.4, 0.5) is 5.69 Å². The Morgan fingerprint density at radius 3 is 2.75 bits per heavy atom. The van der Waals surface area contributed by atoms with Crippen molar-refractivity contribution < 1.29 is 9.53 Å². The van der Waals surface area contributed by atoms with Gasteiger partial charge in [0.15, 0.2) is 0 Å². The number of fused-ring (bicyclic) bond motifs is 1. The zero-order valence-electron chi connectivity index (χ0n) is 11.8. The molecule has 0 heterocycles. The molecule has 2 rings (SSSR count). The Morgan fingerprint density at radius 2 is 1.95 bits per heavy atom. The third-order valence-corrected chi connectivity index (χ3v) is 3.05. The predicted molar refractivity (Wildman–Crippen MR) is 81.9 cm³/mol. The topological polar surface area (TPSA) is 50.4 Å². The first-order valence-electron chi connectivity index (χ1n) is 6.70. The molecule has 0 spiro atoms. The highest BCUT2D eigenvalue weighted by molar-refractivity contribution is 5.95. The Morgan fingerprint density at radius 1 is 1.20 bits per heavy atom. The molecule has 1 atom stereocenters. The molecule has 0 aliphatic rings. The fourth-order valence-electron chi connectivity index (χ4n) is 2.17. The summed E-state index contributed by atoms with van der Waals surface area (Å²) in [4.78, 5) is 11.8. The molecule has 2 aromatic rings. The van der Waals surface area contributed by atoms with E-state index in [1.165, 1.54) is 0 Å². The predicted octanol–water partition coefficient (Wildman–Crippen LogP) is 2.40. The summed E-state index contributed by atoms with van der Waals surface area (Å²) in [5.74, 6) is -0.0394. The van der Waals surface area contributed by atoms with E-state index in [0.29, 0.717) is 6.61 Å². The molecule has 20 heavy (non-hydrogen) atoms. The fraction of sp³-hybridized carbons (Fsp3) is 0.312. The first-order chi connectivity index (χ1) is 9.70. The van der Waals surface area contributed by atoms with Crippen molar-refractivity contribution in [1.82, 2.24) is 5.32 Å². The Balaban J connectivity index is 1.97. The Kier molecular flexibility index (Phi) is 4.96. The molecule has 0 aromatic heterocycles. The van der Waals surface area contributed by atoms with Crippen LogP contribution in [0.3, 0.4) is 0 Å². The lowest BCUT2D eigenvalue weighted by molar-refractivity contribution is -0.120. The first kappa shape index (κ1) is 14.3. The number of carbonyl (C=O) groups excluding carboxylic acids is 1. The minimum atomic E-state index is -0.0394. The molecule has 2 N–H and O–H groups in total. The lowest BCUT2D eigenvalue weighted by Gasteiger charge is -2.14. The number of hydrogen-bond donors (Lipinski definition) is 2. The molecule has 0 aliphatic heterocycles. The summed E-state index contributed by atoms with van der Waals surface area (Å²) in [7, 11) is 1.62. The summed E-state index contributed by atoms with van der Waals surface area (Å²) >= 11 is 0. The van der Waals surface area contributed by atoms with Gasteiger partial charge in [-0.15, -0.1) is 0 Å². The summed E-state index contributed by atoms with van der Waals surface area (Å²) in [5, 5.41) is 8.33. The highest BCUT2D eigenvalue weighted by atomic mass is 16.5. The van der Waals surface area contributed by atoms with Gasteiger partial charge in [-0.3, -0.25) is 4.79 Å². The van der Waals surface area contributed by atoms with Crippen molar-refractivity contribution in [2.75, 3.05) is 25.6 Å². The fourth-order valence-corrected chi connectivity index (χ4v) is 2.17. The lowest BCUT2D eigenvalue weighted by atomic mass is 10.1. The van der Waals surface area contributed by atoms with Crippen LogP contribution < -0.4 is 10.6 Å². The van der Waals surface area contributed by atoms with E-state index < -0.39 is 0 Å². The molecule has 0 aliphatic carbocycles. The molecule has 2 aromatic carbocycles. The van der Waals surface area contributed by atoms with Crippen LogP contribution in [-0.4, -0.2) is 32.2 Å². The second-order valence-electron chi connectivity index (χ2n) is 4.80. The van der Waals surface area contributed by atoms with Crippen LogP contribution in [0.1, 0.15) is 6.92 Å². The Bertz CT molecular complexity index is 578. The monoisotopic (exact) mass is 272 g/mol. The van der Waals surface area contributed by atoms with Crippen molar-refractivity contribution in [3.63, 3.8) is 0 Å². The minimum absolute atomic E-state index is 0.0156. The van der Waals surface area contributed by atoms with Gasteiger partial charge in [0.05, 0.1) is 13.2 Å². The third-order valence-electron chi connectivity index (χ3n) is 3.05. The summed E-state index contributed by atoms with van der Waals surface area (Å²) in [6.07, 6.45) is 0. The van der Waals surface area contributed by atoms with E-state index in [1.54, 1.807) is 7.11 Å². The van der Waals surface area contributed by atoms with Crippen LogP contribution in [0.25, 0.3) is 10.8 Å². The van der Waals surface area contributed by atoms with Gasteiger partial charge in [-0.1, -0.05) is 36.4 Å². The van der Waals surface area contributed by atoms with Gasteiger partial charge in [0.25, 0.3) is 0 Å². The number of carbonyl (C=O) groups is 1. The molecule has 0 saturated heterocycles. The second-order valence-corrected chi connectivity index (χ2v) is 4.80. The van der Waals surface area contributed by atoms with Crippen molar-refractivity contribution in [3.05, 3.63) is 42.5 Å². The molecule has 0 bridgehead atoms. The number of anilines is 1. The van der Waals surface area contributed by atoms with E-state index in [4.69, 9.17) is 4.74 Å². The zero-order valence-corrected chi connectivity index (χ0v) is 11.8. The second kappa shape index (κ2) is 6.91.